The van der Waals surface area contributed by atoms with Gasteiger partial charge in [0.1, 0.15) is 17.2 Å². The summed E-state index contributed by atoms with van der Waals surface area (Å²) in [6.07, 6.45) is 0. The number of fused-ring (bicyclic) bond motifs is 3. The fourth-order valence-corrected chi connectivity index (χ4v) is 2.77. The van der Waals surface area contributed by atoms with Gasteiger partial charge in [0.15, 0.2) is 20.4 Å². The van der Waals surface area contributed by atoms with Crippen LogP contribution in [0.2, 0.25) is 0 Å². The van der Waals surface area contributed by atoms with E-state index in [1.54, 1.807) is 21.3 Å². The highest BCUT2D eigenvalue weighted by atomic mass is 16.7. The highest BCUT2D eigenvalue weighted by molar-refractivity contribution is 6.11. The largest absolute Gasteiger partial charge is 0.468 e. The van der Waals surface area contributed by atoms with Gasteiger partial charge in [-0.1, -0.05) is 18.2 Å². The van der Waals surface area contributed by atoms with Crippen molar-refractivity contribution in [2.24, 2.45) is 0 Å². The van der Waals surface area contributed by atoms with Crippen LogP contribution in [0.15, 0.2) is 42.5 Å². The molecule has 3 aromatic carbocycles. The summed E-state index contributed by atoms with van der Waals surface area (Å²) in [5, 5.41) is 4.05. The van der Waals surface area contributed by atoms with Gasteiger partial charge in [0, 0.05) is 32.8 Å². The molecular formula is C20H22O6. The van der Waals surface area contributed by atoms with Crippen molar-refractivity contribution in [3.63, 3.8) is 0 Å². The quantitative estimate of drug-likeness (QED) is 0.427. The molecule has 6 heteroatoms. The minimum Gasteiger partial charge on any atom is -0.468 e. The highest BCUT2D eigenvalue weighted by Gasteiger charge is 2.11. The first-order valence-corrected chi connectivity index (χ1v) is 8.12. The molecule has 0 aliphatic heterocycles. The van der Waals surface area contributed by atoms with Gasteiger partial charge in [0.05, 0.1) is 0 Å². The number of methoxy groups -OCH3 is 3. The molecule has 3 rings (SSSR count). The molecule has 0 saturated heterocycles. The van der Waals surface area contributed by atoms with E-state index in [2.05, 4.69) is 6.07 Å². The molecule has 0 N–H and O–H groups in total. The Morgan fingerprint density at radius 2 is 1.23 bits per heavy atom. The van der Waals surface area contributed by atoms with Crippen molar-refractivity contribution in [3.05, 3.63) is 42.5 Å². The number of hydrogen-bond donors (Lipinski definition) is 0. The van der Waals surface area contributed by atoms with Crippen LogP contribution in [0.25, 0.3) is 21.5 Å². The average Bonchev–Trinajstić information content (AvgIpc) is 2.68. The Labute approximate surface area is 152 Å². The third kappa shape index (κ3) is 3.99. The summed E-state index contributed by atoms with van der Waals surface area (Å²) in [4.78, 5) is 0. The molecule has 0 spiro atoms. The van der Waals surface area contributed by atoms with Crippen molar-refractivity contribution < 1.29 is 28.4 Å². The third-order valence-electron chi connectivity index (χ3n) is 3.86. The fraction of sp³-hybridized carbons (Fsp3) is 0.300. The molecule has 0 aliphatic rings. The fourth-order valence-electron chi connectivity index (χ4n) is 2.77. The molecule has 0 fully saturated rings. The molecule has 3 aromatic rings. The van der Waals surface area contributed by atoms with Gasteiger partial charge < -0.3 is 28.4 Å². The predicted molar refractivity (Wildman–Crippen MR) is 99.0 cm³/mol. The zero-order valence-electron chi connectivity index (χ0n) is 15.1. The molecule has 26 heavy (non-hydrogen) atoms. The van der Waals surface area contributed by atoms with Gasteiger partial charge in [-0.15, -0.1) is 0 Å². The zero-order valence-corrected chi connectivity index (χ0v) is 15.1. The second kappa shape index (κ2) is 8.71. The molecule has 138 valence electrons. The lowest BCUT2D eigenvalue weighted by atomic mass is 10.0. The minimum atomic E-state index is 0.138. The Balaban J connectivity index is 2.15. The van der Waals surface area contributed by atoms with Crippen LogP contribution in [0, 0.1) is 0 Å². The summed E-state index contributed by atoms with van der Waals surface area (Å²) in [5.41, 5.74) is 0. The number of rotatable bonds is 9. The molecule has 0 aliphatic carbocycles. The molecule has 0 atom stereocenters. The van der Waals surface area contributed by atoms with Crippen molar-refractivity contribution in [1.82, 2.24) is 0 Å². The first-order valence-electron chi connectivity index (χ1n) is 8.12. The third-order valence-corrected chi connectivity index (χ3v) is 3.86. The highest BCUT2D eigenvalue weighted by Crippen LogP contribution is 2.38. The molecule has 0 heterocycles. The number of benzene rings is 3. The van der Waals surface area contributed by atoms with E-state index in [0.29, 0.717) is 11.5 Å². The summed E-state index contributed by atoms with van der Waals surface area (Å²) in [5.74, 6) is 2.06. The van der Waals surface area contributed by atoms with Gasteiger partial charge in [-0.3, -0.25) is 0 Å². The molecule has 0 aromatic heterocycles. The number of hydrogen-bond acceptors (Lipinski definition) is 6. The first-order chi connectivity index (χ1) is 12.8. The van der Waals surface area contributed by atoms with Gasteiger partial charge in [-0.25, -0.2) is 0 Å². The Morgan fingerprint density at radius 3 is 1.96 bits per heavy atom. The summed E-state index contributed by atoms with van der Waals surface area (Å²) in [6, 6.07) is 13.8. The van der Waals surface area contributed by atoms with E-state index in [1.165, 1.54) is 0 Å². The van der Waals surface area contributed by atoms with Crippen LogP contribution in [-0.4, -0.2) is 41.7 Å². The standard InChI is InChI=1S/C20H22O6/c1-21-11-24-16-7-6-14-4-5-15-8-17(25-12-22-2)10-19(26-13-23-3)20(15)18(14)9-16/h4-10H,11-13H2,1-3H3. The van der Waals surface area contributed by atoms with E-state index in [9.17, 15) is 0 Å². The smallest absolute Gasteiger partial charge is 0.188 e. The Bertz CT molecular complexity index is 877. The van der Waals surface area contributed by atoms with Crippen LogP contribution in [0.4, 0.5) is 0 Å². The normalized spacial score (nSPS) is 11.0. The average molecular weight is 358 g/mol. The maximum atomic E-state index is 5.81. The van der Waals surface area contributed by atoms with E-state index >= 15 is 0 Å². The van der Waals surface area contributed by atoms with Crippen molar-refractivity contribution >= 4 is 21.5 Å². The van der Waals surface area contributed by atoms with Crippen LogP contribution in [-0.2, 0) is 14.2 Å². The maximum absolute atomic E-state index is 5.81. The molecular weight excluding hydrogens is 336 g/mol. The maximum Gasteiger partial charge on any atom is 0.188 e. The van der Waals surface area contributed by atoms with Crippen LogP contribution >= 0.6 is 0 Å². The lowest BCUT2D eigenvalue weighted by Gasteiger charge is -2.14. The lowest BCUT2D eigenvalue weighted by Crippen LogP contribution is -2.02. The first kappa shape index (κ1) is 18.3. The van der Waals surface area contributed by atoms with Crippen LogP contribution in [0.5, 0.6) is 17.2 Å². The zero-order chi connectivity index (χ0) is 18.4. The van der Waals surface area contributed by atoms with Gasteiger partial charge in [-0.05, 0) is 34.4 Å². The van der Waals surface area contributed by atoms with Gasteiger partial charge in [0.2, 0.25) is 0 Å². The van der Waals surface area contributed by atoms with Crippen molar-refractivity contribution in [2.75, 3.05) is 41.7 Å². The van der Waals surface area contributed by atoms with Crippen molar-refractivity contribution in [3.8, 4) is 17.2 Å². The topological polar surface area (TPSA) is 55.4 Å². The molecule has 0 amide bonds. The summed E-state index contributed by atoms with van der Waals surface area (Å²) >= 11 is 0. The second-order valence-corrected chi connectivity index (χ2v) is 5.62. The van der Waals surface area contributed by atoms with Crippen LogP contribution in [0.1, 0.15) is 0 Å². The predicted octanol–water partition coefficient (Wildman–Crippen LogP) is 3.94. The monoisotopic (exact) mass is 358 g/mol. The SMILES string of the molecule is COCOc1cc(OCOC)c2c(ccc3ccc(OCOC)cc32)c1. The van der Waals surface area contributed by atoms with Gasteiger partial charge in [0.25, 0.3) is 0 Å². The van der Waals surface area contributed by atoms with E-state index < -0.39 is 0 Å². The molecule has 0 unspecified atom stereocenters. The number of ether oxygens (including phenoxy) is 6. The van der Waals surface area contributed by atoms with E-state index in [0.717, 1.165) is 27.3 Å². The molecule has 6 nitrogen and oxygen atoms in total. The van der Waals surface area contributed by atoms with Crippen molar-refractivity contribution in [2.45, 2.75) is 0 Å². The molecule has 0 saturated carbocycles. The Morgan fingerprint density at radius 1 is 0.615 bits per heavy atom. The molecule has 0 bridgehead atoms. The van der Waals surface area contributed by atoms with E-state index in [-0.39, 0.29) is 20.4 Å². The van der Waals surface area contributed by atoms with Crippen LogP contribution in [0.3, 0.4) is 0 Å². The summed E-state index contributed by atoms with van der Waals surface area (Å²) in [7, 11) is 4.76. The Kier molecular flexibility index (Phi) is 6.12. The van der Waals surface area contributed by atoms with E-state index in [1.807, 2.05) is 36.4 Å². The second-order valence-electron chi connectivity index (χ2n) is 5.62. The van der Waals surface area contributed by atoms with Gasteiger partial charge in [-0.2, -0.15) is 0 Å². The summed E-state index contributed by atoms with van der Waals surface area (Å²) in [6.45, 7) is 0.495. The van der Waals surface area contributed by atoms with Crippen molar-refractivity contribution in [1.29, 1.82) is 0 Å². The minimum absolute atomic E-state index is 0.138. The Hall–Kier alpha value is -2.54. The summed E-state index contributed by atoms with van der Waals surface area (Å²) < 4.78 is 32.0. The lowest BCUT2D eigenvalue weighted by molar-refractivity contribution is 0.0469. The van der Waals surface area contributed by atoms with Crippen LogP contribution < -0.4 is 14.2 Å². The van der Waals surface area contributed by atoms with E-state index in [4.69, 9.17) is 28.4 Å². The molecule has 0 radical (unpaired) electrons. The van der Waals surface area contributed by atoms with Gasteiger partial charge >= 0.3 is 0 Å².